The molecule has 2 nitrogen and oxygen atoms in total. The molecule has 2 aliphatic rings. The van der Waals surface area contributed by atoms with Gasteiger partial charge < -0.3 is 10.2 Å². The van der Waals surface area contributed by atoms with Gasteiger partial charge in [0.05, 0.1) is 0 Å². The first-order valence-electron chi connectivity index (χ1n) is 8.42. The topological polar surface area (TPSA) is 15.3 Å². The fourth-order valence-corrected chi connectivity index (χ4v) is 3.91. The molecule has 2 atom stereocenters. The summed E-state index contributed by atoms with van der Waals surface area (Å²) in [5.74, 6) is 0.775. The lowest BCUT2D eigenvalue weighted by atomic mass is 9.93. The van der Waals surface area contributed by atoms with E-state index in [4.69, 9.17) is 0 Å². The molecular weight excluding hydrogens is 244 g/mol. The maximum Gasteiger partial charge on any atom is 0.0372 e. The number of nitrogens with one attached hydrogen (secondary N) is 1. The van der Waals surface area contributed by atoms with Crippen LogP contribution in [-0.2, 0) is 6.42 Å². The average Bonchev–Trinajstić information content (AvgIpc) is 2.72. The van der Waals surface area contributed by atoms with Crippen molar-refractivity contribution in [3.8, 4) is 0 Å². The zero-order valence-electron chi connectivity index (χ0n) is 12.8. The number of likely N-dealkylation sites (tertiary alicyclic amines) is 1. The Bertz CT molecular complexity index is 429. The quantitative estimate of drug-likeness (QED) is 0.897. The SMILES string of the molecule is CCC1CCCCCN1CC1CNc2ccccc2C1. The van der Waals surface area contributed by atoms with E-state index in [1.807, 2.05) is 0 Å². The highest BCUT2D eigenvalue weighted by Crippen LogP contribution is 2.27. The number of benzene rings is 1. The van der Waals surface area contributed by atoms with E-state index in [0.29, 0.717) is 0 Å². The van der Waals surface area contributed by atoms with Crippen molar-refractivity contribution in [2.24, 2.45) is 5.92 Å². The monoisotopic (exact) mass is 272 g/mol. The van der Waals surface area contributed by atoms with Crippen LogP contribution in [0.3, 0.4) is 0 Å². The van der Waals surface area contributed by atoms with E-state index in [-0.39, 0.29) is 0 Å². The first kappa shape index (κ1) is 13.9. The van der Waals surface area contributed by atoms with Crippen molar-refractivity contribution in [2.45, 2.75) is 51.5 Å². The van der Waals surface area contributed by atoms with Gasteiger partial charge in [-0.05, 0) is 49.8 Å². The highest BCUT2D eigenvalue weighted by molar-refractivity contribution is 5.53. The van der Waals surface area contributed by atoms with Crippen molar-refractivity contribution >= 4 is 5.69 Å². The second kappa shape index (κ2) is 6.62. The van der Waals surface area contributed by atoms with Crippen LogP contribution in [0, 0.1) is 5.92 Å². The molecule has 0 amide bonds. The Morgan fingerprint density at radius 1 is 1.20 bits per heavy atom. The third-order valence-corrected chi connectivity index (χ3v) is 5.07. The number of hydrogen-bond donors (Lipinski definition) is 1. The van der Waals surface area contributed by atoms with Crippen LogP contribution in [0.1, 0.15) is 44.6 Å². The molecule has 0 aliphatic carbocycles. The van der Waals surface area contributed by atoms with E-state index in [2.05, 4.69) is 41.4 Å². The Morgan fingerprint density at radius 3 is 3.00 bits per heavy atom. The van der Waals surface area contributed by atoms with Crippen molar-refractivity contribution in [3.63, 3.8) is 0 Å². The lowest BCUT2D eigenvalue weighted by Gasteiger charge is -2.35. The van der Waals surface area contributed by atoms with Crippen LogP contribution >= 0.6 is 0 Å². The summed E-state index contributed by atoms with van der Waals surface area (Å²) in [5, 5.41) is 3.62. The van der Waals surface area contributed by atoms with Gasteiger partial charge in [-0.25, -0.2) is 0 Å². The number of nitrogens with zero attached hydrogens (tertiary/aromatic N) is 1. The minimum absolute atomic E-state index is 0.775. The summed E-state index contributed by atoms with van der Waals surface area (Å²) in [7, 11) is 0. The van der Waals surface area contributed by atoms with Crippen molar-refractivity contribution in [1.82, 2.24) is 4.90 Å². The van der Waals surface area contributed by atoms with Gasteiger partial charge in [-0.2, -0.15) is 0 Å². The van der Waals surface area contributed by atoms with Crippen molar-refractivity contribution in [2.75, 3.05) is 25.0 Å². The summed E-state index contributed by atoms with van der Waals surface area (Å²) in [4.78, 5) is 2.78. The Hall–Kier alpha value is -1.02. The average molecular weight is 272 g/mol. The van der Waals surface area contributed by atoms with Gasteiger partial charge in [-0.3, -0.25) is 0 Å². The van der Waals surface area contributed by atoms with E-state index in [1.54, 1.807) is 0 Å². The summed E-state index contributed by atoms with van der Waals surface area (Å²) >= 11 is 0. The van der Waals surface area contributed by atoms with Crippen molar-refractivity contribution < 1.29 is 0 Å². The summed E-state index contributed by atoms with van der Waals surface area (Å²) in [6.45, 7) is 6.10. The molecule has 1 aromatic rings. The fourth-order valence-electron chi connectivity index (χ4n) is 3.91. The summed E-state index contributed by atoms with van der Waals surface area (Å²) in [6.07, 6.45) is 8.23. The first-order valence-corrected chi connectivity index (χ1v) is 8.42. The molecule has 110 valence electrons. The summed E-state index contributed by atoms with van der Waals surface area (Å²) in [5.41, 5.74) is 2.86. The smallest absolute Gasteiger partial charge is 0.0372 e. The van der Waals surface area contributed by atoms with Gasteiger partial charge in [0.25, 0.3) is 0 Å². The number of hydrogen-bond acceptors (Lipinski definition) is 2. The molecule has 2 unspecified atom stereocenters. The Balaban J connectivity index is 1.63. The van der Waals surface area contributed by atoms with Crippen molar-refractivity contribution in [1.29, 1.82) is 0 Å². The number of anilines is 1. The molecular formula is C18H28N2. The molecule has 1 N–H and O–H groups in total. The Kier molecular flexibility index (Phi) is 4.62. The molecule has 0 spiro atoms. The predicted octanol–water partition coefficient (Wildman–Crippen LogP) is 3.93. The zero-order valence-corrected chi connectivity index (χ0v) is 12.8. The third-order valence-electron chi connectivity index (χ3n) is 5.07. The number of rotatable bonds is 3. The van der Waals surface area contributed by atoms with E-state index < -0.39 is 0 Å². The molecule has 1 fully saturated rings. The molecule has 1 saturated heterocycles. The predicted molar refractivity (Wildman–Crippen MR) is 86.2 cm³/mol. The highest BCUT2D eigenvalue weighted by atomic mass is 15.2. The second-order valence-electron chi connectivity index (χ2n) is 6.51. The Labute approximate surface area is 123 Å². The van der Waals surface area contributed by atoms with E-state index >= 15 is 0 Å². The third kappa shape index (κ3) is 3.17. The Morgan fingerprint density at radius 2 is 2.10 bits per heavy atom. The molecule has 1 aromatic carbocycles. The van der Waals surface area contributed by atoms with E-state index in [1.165, 1.54) is 62.9 Å². The maximum absolute atomic E-state index is 3.62. The number of para-hydroxylation sites is 1. The lowest BCUT2D eigenvalue weighted by Crippen LogP contribution is -2.41. The van der Waals surface area contributed by atoms with E-state index in [0.717, 1.165) is 18.5 Å². The molecule has 2 heterocycles. The fraction of sp³-hybridized carbons (Fsp3) is 0.667. The summed E-state index contributed by atoms with van der Waals surface area (Å²) in [6, 6.07) is 9.63. The minimum Gasteiger partial charge on any atom is -0.384 e. The molecule has 20 heavy (non-hydrogen) atoms. The van der Waals surface area contributed by atoms with Gasteiger partial charge in [-0.15, -0.1) is 0 Å². The molecule has 0 saturated carbocycles. The van der Waals surface area contributed by atoms with Crippen molar-refractivity contribution in [3.05, 3.63) is 29.8 Å². The van der Waals surface area contributed by atoms with Gasteiger partial charge in [0.2, 0.25) is 0 Å². The van der Waals surface area contributed by atoms with Crippen LogP contribution in [0.25, 0.3) is 0 Å². The van der Waals surface area contributed by atoms with Gasteiger partial charge in [0.1, 0.15) is 0 Å². The minimum atomic E-state index is 0.775. The molecule has 0 aromatic heterocycles. The van der Waals surface area contributed by atoms with Gasteiger partial charge >= 0.3 is 0 Å². The van der Waals surface area contributed by atoms with E-state index in [9.17, 15) is 0 Å². The van der Waals surface area contributed by atoms with Gasteiger partial charge in [0, 0.05) is 24.8 Å². The molecule has 2 aliphatic heterocycles. The molecule has 2 heteroatoms. The molecule has 0 bridgehead atoms. The van der Waals surface area contributed by atoms with Gasteiger partial charge in [0.15, 0.2) is 0 Å². The first-order chi connectivity index (χ1) is 9.86. The summed E-state index contributed by atoms with van der Waals surface area (Å²) < 4.78 is 0. The highest BCUT2D eigenvalue weighted by Gasteiger charge is 2.25. The van der Waals surface area contributed by atoms with Crippen LogP contribution in [0.2, 0.25) is 0 Å². The zero-order chi connectivity index (χ0) is 13.8. The maximum atomic E-state index is 3.62. The van der Waals surface area contributed by atoms with Crippen LogP contribution in [0.15, 0.2) is 24.3 Å². The molecule has 3 rings (SSSR count). The molecule has 0 radical (unpaired) electrons. The van der Waals surface area contributed by atoms with Crippen LogP contribution in [0.5, 0.6) is 0 Å². The lowest BCUT2D eigenvalue weighted by molar-refractivity contribution is 0.166. The number of fused-ring (bicyclic) bond motifs is 1. The second-order valence-corrected chi connectivity index (χ2v) is 6.51. The largest absolute Gasteiger partial charge is 0.384 e. The van der Waals surface area contributed by atoms with Crippen LogP contribution in [0.4, 0.5) is 5.69 Å². The van der Waals surface area contributed by atoms with Crippen LogP contribution in [-0.4, -0.2) is 30.6 Å². The standard InChI is InChI=1S/C18H28N2/c1-2-17-9-4-3-7-11-20(17)14-15-12-16-8-5-6-10-18(16)19-13-15/h5-6,8,10,15,17,19H,2-4,7,9,11-14H2,1H3. The normalized spacial score (nSPS) is 27.4. The van der Waals surface area contributed by atoms with Gasteiger partial charge in [-0.1, -0.05) is 38.0 Å². The van der Waals surface area contributed by atoms with Crippen LogP contribution < -0.4 is 5.32 Å².